The highest BCUT2D eigenvalue weighted by atomic mass is 32.2. The molecular formula is C14H10F2O5S. The summed E-state index contributed by atoms with van der Waals surface area (Å²) in [5, 5.41) is 0. The number of esters is 1. The van der Waals surface area contributed by atoms with Crippen LogP contribution < -0.4 is 4.18 Å². The first-order valence-electron chi connectivity index (χ1n) is 5.91. The lowest BCUT2D eigenvalue weighted by molar-refractivity contribution is 0.0600. The normalized spacial score (nSPS) is 11.0. The third-order valence-electron chi connectivity index (χ3n) is 2.64. The minimum atomic E-state index is -4.38. The Morgan fingerprint density at radius 3 is 2.45 bits per heavy atom. The standard InChI is InChI=1S/C14H10F2O5S/c1-20-14(17)9-3-2-4-11(7-9)22(18,19)21-13-6-5-10(15)8-12(13)16/h2-8H,1H3. The van der Waals surface area contributed by atoms with Crippen molar-refractivity contribution in [2.24, 2.45) is 0 Å². The average Bonchev–Trinajstić information content (AvgIpc) is 2.49. The van der Waals surface area contributed by atoms with Gasteiger partial charge in [0.15, 0.2) is 11.6 Å². The fraction of sp³-hybridized carbons (Fsp3) is 0.0714. The molecule has 22 heavy (non-hydrogen) atoms. The number of hydrogen-bond donors (Lipinski definition) is 0. The summed E-state index contributed by atoms with van der Waals surface area (Å²) in [6.07, 6.45) is 0. The van der Waals surface area contributed by atoms with E-state index in [0.717, 1.165) is 25.3 Å². The molecule has 2 rings (SSSR count). The van der Waals surface area contributed by atoms with E-state index >= 15 is 0 Å². The molecule has 0 spiro atoms. The molecule has 2 aromatic rings. The summed E-state index contributed by atoms with van der Waals surface area (Å²) >= 11 is 0. The molecule has 0 fully saturated rings. The van der Waals surface area contributed by atoms with Gasteiger partial charge in [-0.25, -0.2) is 13.6 Å². The van der Waals surface area contributed by atoms with Gasteiger partial charge in [0.1, 0.15) is 10.7 Å². The molecule has 8 heteroatoms. The van der Waals surface area contributed by atoms with Crippen LogP contribution in [0.15, 0.2) is 47.4 Å². The quantitative estimate of drug-likeness (QED) is 0.637. The number of carbonyl (C=O) groups is 1. The number of rotatable bonds is 4. The molecule has 116 valence electrons. The number of methoxy groups -OCH3 is 1. The second-order valence-electron chi connectivity index (χ2n) is 4.13. The summed E-state index contributed by atoms with van der Waals surface area (Å²) in [6, 6.07) is 7.07. The maximum Gasteiger partial charge on any atom is 0.339 e. The molecule has 0 N–H and O–H groups in total. The molecule has 0 saturated carbocycles. The summed E-state index contributed by atoms with van der Waals surface area (Å²) in [7, 11) is -3.24. The van der Waals surface area contributed by atoms with E-state index in [1.165, 1.54) is 18.2 Å². The van der Waals surface area contributed by atoms with Gasteiger partial charge in [-0.05, 0) is 30.3 Å². The van der Waals surface area contributed by atoms with E-state index in [0.29, 0.717) is 6.07 Å². The van der Waals surface area contributed by atoms with Gasteiger partial charge in [-0.1, -0.05) is 6.07 Å². The Balaban J connectivity index is 2.36. The lowest BCUT2D eigenvalue weighted by Crippen LogP contribution is -2.12. The Morgan fingerprint density at radius 1 is 1.09 bits per heavy atom. The zero-order valence-electron chi connectivity index (χ0n) is 11.2. The summed E-state index contributed by atoms with van der Waals surface area (Å²) in [5.41, 5.74) is -0.00764. The second kappa shape index (κ2) is 6.10. The van der Waals surface area contributed by atoms with Gasteiger partial charge in [0.05, 0.1) is 12.7 Å². The lowest BCUT2D eigenvalue weighted by atomic mass is 10.2. The van der Waals surface area contributed by atoms with Gasteiger partial charge in [0, 0.05) is 6.07 Å². The van der Waals surface area contributed by atoms with Crippen molar-refractivity contribution in [3.63, 3.8) is 0 Å². The Hall–Kier alpha value is -2.48. The average molecular weight is 328 g/mol. The van der Waals surface area contributed by atoms with E-state index in [-0.39, 0.29) is 10.5 Å². The summed E-state index contributed by atoms with van der Waals surface area (Å²) in [6.45, 7) is 0. The van der Waals surface area contributed by atoms with Crippen LogP contribution >= 0.6 is 0 Å². The Kier molecular flexibility index (Phi) is 4.41. The first-order valence-corrected chi connectivity index (χ1v) is 7.32. The van der Waals surface area contributed by atoms with Crippen LogP contribution in [0.5, 0.6) is 5.75 Å². The van der Waals surface area contributed by atoms with Gasteiger partial charge in [-0.3, -0.25) is 0 Å². The summed E-state index contributed by atoms with van der Waals surface area (Å²) in [5.74, 6) is -3.41. The summed E-state index contributed by atoms with van der Waals surface area (Å²) in [4.78, 5) is 11.0. The van der Waals surface area contributed by atoms with E-state index in [9.17, 15) is 22.0 Å². The zero-order chi connectivity index (χ0) is 16.3. The molecule has 0 aliphatic heterocycles. The van der Waals surface area contributed by atoms with Crippen LogP contribution in [-0.2, 0) is 14.9 Å². The lowest BCUT2D eigenvalue weighted by Gasteiger charge is -2.08. The van der Waals surface area contributed by atoms with Crippen molar-refractivity contribution in [2.75, 3.05) is 7.11 Å². The van der Waals surface area contributed by atoms with Crippen molar-refractivity contribution in [2.45, 2.75) is 4.90 Å². The van der Waals surface area contributed by atoms with Gasteiger partial charge < -0.3 is 8.92 Å². The van der Waals surface area contributed by atoms with Crippen LogP contribution in [0.3, 0.4) is 0 Å². The fourth-order valence-electron chi connectivity index (χ4n) is 1.61. The van der Waals surface area contributed by atoms with Crippen LogP contribution in [0.4, 0.5) is 8.78 Å². The van der Waals surface area contributed by atoms with Crippen LogP contribution in [0, 0.1) is 11.6 Å². The van der Waals surface area contributed by atoms with Gasteiger partial charge >= 0.3 is 16.1 Å². The van der Waals surface area contributed by atoms with Gasteiger partial charge in [-0.2, -0.15) is 8.42 Å². The minimum absolute atomic E-state index is 0.00764. The monoisotopic (exact) mass is 328 g/mol. The number of ether oxygens (including phenoxy) is 1. The zero-order valence-corrected chi connectivity index (χ0v) is 12.1. The molecule has 0 amide bonds. The fourth-order valence-corrected chi connectivity index (χ4v) is 2.59. The van der Waals surface area contributed by atoms with Crippen molar-refractivity contribution >= 4 is 16.1 Å². The molecule has 2 aromatic carbocycles. The number of hydrogen-bond acceptors (Lipinski definition) is 5. The van der Waals surface area contributed by atoms with Crippen molar-refractivity contribution < 1.29 is 30.9 Å². The highest BCUT2D eigenvalue weighted by Gasteiger charge is 2.20. The Morgan fingerprint density at radius 2 is 1.82 bits per heavy atom. The number of halogens is 2. The SMILES string of the molecule is COC(=O)c1cccc(S(=O)(=O)Oc2ccc(F)cc2F)c1. The second-order valence-corrected chi connectivity index (χ2v) is 5.68. The topological polar surface area (TPSA) is 69.7 Å². The van der Waals surface area contributed by atoms with E-state index in [4.69, 9.17) is 0 Å². The predicted octanol–water partition coefficient (Wildman–Crippen LogP) is 2.52. The van der Waals surface area contributed by atoms with Crippen LogP contribution in [0.2, 0.25) is 0 Å². The van der Waals surface area contributed by atoms with Crippen LogP contribution in [0.1, 0.15) is 10.4 Å². The molecule has 5 nitrogen and oxygen atoms in total. The van der Waals surface area contributed by atoms with Crippen molar-refractivity contribution in [1.82, 2.24) is 0 Å². The molecule has 0 atom stereocenters. The van der Waals surface area contributed by atoms with Gasteiger partial charge in [0.25, 0.3) is 0 Å². The molecule has 0 aliphatic carbocycles. The largest absolute Gasteiger partial charge is 0.465 e. The maximum atomic E-state index is 13.5. The number of carbonyl (C=O) groups excluding carboxylic acids is 1. The first-order chi connectivity index (χ1) is 10.3. The van der Waals surface area contributed by atoms with Gasteiger partial charge in [0.2, 0.25) is 0 Å². The maximum absolute atomic E-state index is 13.5. The Bertz CT molecular complexity index is 818. The summed E-state index contributed by atoms with van der Waals surface area (Å²) < 4.78 is 59.5. The van der Waals surface area contributed by atoms with Crippen molar-refractivity contribution in [3.8, 4) is 5.75 Å². The van der Waals surface area contributed by atoms with Crippen molar-refractivity contribution in [3.05, 3.63) is 59.7 Å². The molecule has 0 aromatic heterocycles. The first kappa shape index (κ1) is 15.9. The predicted molar refractivity (Wildman–Crippen MR) is 72.0 cm³/mol. The smallest absolute Gasteiger partial charge is 0.339 e. The molecular weight excluding hydrogens is 318 g/mol. The van der Waals surface area contributed by atoms with E-state index < -0.39 is 33.5 Å². The molecule has 0 radical (unpaired) electrons. The van der Waals surface area contributed by atoms with E-state index in [1.807, 2.05) is 0 Å². The van der Waals surface area contributed by atoms with Gasteiger partial charge in [-0.15, -0.1) is 0 Å². The third kappa shape index (κ3) is 3.40. The third-order valence-corrected chi connectivity index (χ3v) is 3.87. The molecule has 0 aliphatic rings. The van der Waals surface area contributed by atoms with Crippen LogP contribution in [-0.4, -0.2) is 21.5 Å². The molecule has 0 saturated heterocycles. The highest BCUT2D eigenvalue weighted by molar-refractivity contribution is 7.87. The molecule has 0 bridgehead atoms. The van der Waals surface area contributed by atoms with E-state index in [2.05, 4.69) is 8.92 Å². The van der Waals surface area contributed by atoms with E-state index in [1.54, 1.807) is 0 Å². The molecule has 0 heterocycles. The van der Waals surface area contributed by atoms with Crippen molar-refractivity contribution in [1.29, 1.82) is 0 Å². The number of benzene rings is 2. The van der Waals surface area contributed by atoms with Crippen LogP contribution in [0.25, 0.3) is 0 Å². The molecule has 0 unspecified atom stereocenters. The minimum Gasteiger partial charge on any atom is -0.465 e. The highest BCUT2D eigenvalue weighted by Crippen LogP contribution is 2.23. The Labute approximate surface area is 125 Å².